The maximum Gasteiger partial charge on any atom is 0.191 e. The van der Waals surface area contributed by atoms with E-state index >= 15 is 0 Å². The standard InChI is InChI=1S/C15H18FN3O2S2/c1-10(11-3-5-13(16)6-4-11)22-15-18-17-14(19(15)2)12-7-8-23(20,21)9-12/h3-6,10,12H,7-9H2,1-2H3. The molecule has 0 saturated carbocycles. The molecule has 0 radical (unpaired) electrons. The van der Waals surface area contributed by atoms with E-state index in [1.165, 1.54) is 23.9 Å². The van der Waals surface area contributed by atoms with Crippen LogP contribution in [-0.2, 0) is 16.9 Å². The van der Waals surface area contributed by atoms with Crippen LogP contribution in [0.4, 0.5) is 4.39 Å². The fourth-order valence-corrected chi connectivity index (χ4v) is 5.43. The maximum absolute atomic E-state index is 13.0. The molecule has 8 heteroatoms. The summed E-state index contributed by atoms with van der Waals surface area (Å²) in [5.74, 6) is 0.762. The minimum atomic E-state index is -2.94. The number of halogens is 1. The highest BCUT2D eigenvalue weighted by Crippen LogP contribution is 2.35. The van der Waals surface area contributed by atoms with Crippen LogP contribution in [0.3, 0.4) is 0 Å². The molecule has 0 bridgehead atoms. The van der Waals surface area contributed by atoms with Gasteiger partial charge in [-0.2, -0.15) is 0 Å². The van der Waals surface area contributed by atoms with E-state index in [0.29, 0.717) is 6.42 Å². The van der Waals surface area contributed by atoms with Crippen LogP contribution in [0.25, 0.3) is 0 Å². The molecule has 5 nitrogen and oxygen atoms in total. The molecule has 1 aliphatic rings. The number of aromatic nitrogens is 3. The lowest BCUT2D eigenvalue weighted by Crippen LogP contribution is -2.09. The first kappa shape index (κ1) is 16.4. The summed E-state index contributed by atoms with van der Waals surface area (Å²) in [5.41, 5.74) is 1.00. The minimum Gasteiger partial charge on any atom is -0.309 e. The van der Waals surface area contributed by atoms with Crippen molar-refractivity contribution in [3.63, 3.8) is 0 Å². The molecule has 1 saturated heterocycles. The van der Waals surface area contributed by atoms with E-state index in [1.54, 1.807) is 12.1 Å². The molecule has 3 rings (SSSR count). The summed E-state index contributed by atoms with van der Waals surface area (Å²) in [6.45, 7) is 2.02. The Morgan fingerprint density at radius 1 is 1.30 bits per heavy atom. The molecule has 2 heterocycles. The van der Waals surface area contributed by atoms with Crippen molar-refractivity contribution < 1.29 is 12.8 Å². The second-order valence-electron chi connectivity index (χ2n) is 5.81. The van der Waals surface area contributed by atoms with Gasteiger partial charge in [-0.3, -0.25) is 0 Å². The highest BCUT2D eigenvalue weighted by atomic mass is 32.2. The van der Waals surface area contributed by atoms with Crippen LogP contribution in [0, 0.1) is 5.82 Å². The first-order chi connectivity index (χ1) is 10.9. The van der Waals surface area contributed by atoms with E-state index in [-0.39, 0.29) is 28.5 Å². The van der Waals surface area contributed by atoms with Gasteiger partial charge in [-0.1, -0.05) is 23.9 Å². The van der Waals surface area contributed by atoms with Crippen molar-refractivity contribution in [2.75, 3.05) is 11.5 Å². The first-order valence-corrected chi connectivity index (χ1v) is 10.1. The molecule has 0 N–H and O–H groups in total. The first-order valence-electron chi connectivity index (χ1n) is 7.37. The summed E-state index contributed by atoms with van der Waals surface area (Å²) in [7, 11) is -1.08. The van der Waals surface area contributed by atoms with Crippen LogP contribution in [-0.4, -0.2) is 34.7 Å². The van der Waals surface area contributed by atoms with Gasteiger partial charge in [0, 0.05) is 18.2 Å². The third-order valence-electron chi connectivity index (χ3n) is 4.09. The van der Waals surface area contributed by atoms with Crippen molar-refractivity contribution in [2.24, 2.45) is 7.05 Å². The SMILES string of the molecule is CC(Sc1nnc(C2CCS(=O)(=O)C2)n1C)c1ccc(F)cc1. The van der Waals surface area contributed by atoms with Crippen molar-refractivity contribution in [3.05, 3.63) is 41.5 Å². The Balaban J connectivity index is 1.76. The molecule has 1 aliphatic heterocycles. The van der Waals surface area contributed by atoms with Crippen LogP contribution in [0.5, 0.6) is 0 Å². The number of hydrogen-bond acceptors (Lipinski definition) is 5. The maximum atomic E-state index is 13.0. The Morgan fingerprint density at radius 3 is 2.61 bits per heavy atom. The van der Waals surface area contributed by atoms with Crippen LogP contribution >= 0.6 is 11.8 Å². The van der Waals surface area contributed by atoms with E-state index < -0.39 is 9.84 Å². The van der Waals surface area contributed by atoms with Gasteiger partial charge in [-0.05, 0) is 31.0 Å². The van der Waals surface area contributed by atoms with E-state index in [1.807, 2.05) is 18.5 Å². The van der Waals surface area contributed by atoms with Gasteiger partial charge >= 0.3 is 0 Å². The number of nitrogens with zero attached hydrogens (tertiary/aromatic N) is 3. The molecule has 0 amide bonds. The van der Waals surface area contributed by atoms with Crippen molar-refractivity contribution >= 4 is 21.6 Å². The third kappa shape index (κ3) is 3.58. The zero-order valence-corrected chi connectivity index (χ0v) is 14.6. The molecular formula is C15H18FN3O2S2. The molecule has 2 unspecified atom stereocenters. The Hall–Kier alpha value is -1.41. The van der Waals surface area contributed by atoms with Gasteiger partial charge in [0.05, 0.1) is 11.5 Å². The summed E-state index contributed by atoms with van der Waals surface area (Å²) in [5, 5.41) is 9.22. The summed E-state index contributed by atoms with van der Waals surface area (Å²) >= 11 is 1.53. The summed E-state index contributed by atoms with van der Waals surface area (Å²) in [6, 6.07) is 6.40. The molecule has 1 fully saturated rings. The van der Waals surface area contributed by atoms with E-state index in [2.05, 4.69) is 10.2 Å². The van der Waals surface area contributed by atoms with Crippen molar-refractivity contribution in [1.29, 1.82) is 0 Å². The van der Waals surface area contributed by atoms with Crippen LogP contribution in [0.1, 0.15) is 35.9 Å². The normalized spacial score (nSPS) is 21.4. The predicted molar refractivity (Wildman–Crippen MR) is 87.7 cm³/mol. The van der Waals surface area contributed by atoms with Gasteiger partial charge in [0.25, 0.3) is 0 Å². The summed E-state index contributed by atoms with van der Waals surface area (Å²) < 4.78 is 38.1. The molecule has 2 atom stereocenters. The van der Waals surface area contributed by atoms with Crippen molar-refractivity contribution in [1.82, 2.24) is 14.8 Å². The summed E-state index contributed by atoms with van der Waals surface area (Å²) in [4.78, 5) is 0. The monoisotopic (exact) mass is 355 g/mol. The Kier molecular flexibility index (Phi) is 4.46. The lowest BCUT2D eigenvalue weighted by atomic mass is 10.1. The quantitative estimate of drug-likeness (QED) is 0.789. The third-order valence-corrected chi connectivity index (χ3v) is 7.05. The van der Waals surface area contributed by atoms with Crippen LogP contribution in [0.15, 0.2) is 29.4 Å². The van der Waals surface area contributed by atoms with Gasteiger partial charge < -0.3 is 4.57 Å². The van der Waals surface area contributed by atoms with Crippen molar-refractivity contribution in [2.45, 2.75) is 29.7 Å². The molecule has 124 valence electrons. The highest BCUT2D eigenvalue weighted by molar-refractivity contribution is 7.99. The molecular weight excluding hydrogens is 337 g/mol. The minimum absolute atomic E-state index is 0.0759. The second kappa shape index (κ2) is 6.24. The number of thioether (sulfide) groups is 1. The Labute approximate surface area is 139 Å². The number of hydrogen-bond donors (Lipinski definition) is 0. The zero-order chi connectivity index (χ0) is 16.6. The molecule has 2 aromatic rings. The van der Waals surface area contributed by atoms with Gasteiger partial charge in [0.2, 0.25) is 0 Å². The second-order valence-corrected chi connectivity index (χ2v) is 9.35. The predicted octanol–water partition coefficient (Wildman–Crippen LogP) is 2.71. The molecule has 0 aliphatic carbocycles. The van der Waals surface area contributed by atoms with Gasteiger partial charge in [-0.15, -0.1) is 10.2 Å². The average Bonchev–Trinajstić information content (AvgIpc) is 3.03. The van der Waals surface area contributed by atoms with E-state index in [9.17, 15) is 12.8 Å². The van der Waals surface area contributed by atoms with Crippen molar-refractivity contribution in [3.8, 4) is 0 Å². The molecule has 1 aromatic heterocycles. The van der Waals surface area contributed by atoms with Gasteiger partial charge in [0.15, 0.2) is 15.0 Å². The largest absolute Gasteiger partial charge is 0.309 e. The lowest BCUT2D eigenvalue weighted by Gasteiger charge is -2.12. The van der Waals surface area contributed by atoms with E-state index in [4.69, 9.17) is 0 Å². The van der Waals surface area contributed by atoms with Crippen LogP contribution < -0.4 is 0 Å². The lowest BCUT2D eigenvalue weighted by molar-refractivity contribution is 0.599. The fourth-order valence-electron chi connectivity index (χ4n) is 2.74. The Bertz CT molecular complexity index is 803. The summed E-state index contributed by atoms with van der Waals surface area (Å²) in [6.07, 6.45) is 0.604. The number of rotatable bonds is 4. The molecule has 0 spiro atoms. The van der Waals surface area contributed by atoms with Gasteiger partial charge in [-0.25, -0.2) is 12.8 Å². The zero-order valence-electron chi connectivity index (χ0n) is 12.9. The van der Waals surface area contributed by atoms with Gasteiger partial charge in [0.1, 0.15) is 11.6 Å². The molecule has 23 heavy (non-hydrogen) atoms. The highest BCUT2D eigenvalue weighted by Gasteiger charge is 2.32. The number of benzene rings is 1. The smallest absolute Gasteiger partial charge is 0.191 e. The number of sulfone groups is 1. The fraction of sp³-hybridized carbons (Fsp3) is 0.467. The van der Waals surface area contributed by atoms with E-state index in [0.717, 1.165) is 16.5 Å². The topological polar surface area (TPSA) is 64.8 Å². The Morgan fingerprint density at radius 2 is 2.00 bits per heavy atom. The average molecular weight is 355 g/mol. The molecule has 1 aromatic carbocycles. The van der Waals surface area contributed by atoms with Crippen LogP contribution in [0.2, 0.25) is 0 Å².